The molecule has 2 aliphatic heterocycles. The molecule has 3 atom stereocenters. The van der Waals surface area contributed by atoms with Crippen molar-refractivity contribution in [3.63, 3.8) is 0 Å². The van der Waals surface area contributed by atoms with Crippen molar-refractivity contribution in [3.05, 3.63) is 119 Å². The van der Waals surface area contributed by atoms with E-state index in [0.29, 0.717) is 21.3 Å². The summed E-state index contributed by atoms with van der Waals surface area (Å²) in [7, 11) is 0. The molecule has 7 heteroatoms. The van der Waals surface area contributed by atoms with E-state index in [2.05, 4.69) is 0 Å². The maximum Gasteiger partial charge on any atom is 0.266 e. The molecule has 4 aromatic carbocycles. The van der Waals surface area contributed by atoms with Gasteiger partial charge in [0, 0.05) is 10.0 Å². The molecule has 6 rings (SSSR count). The van der Waals surface area contributed by atoms with E-state index in [0.717, 1.165) is 16.8 Å². The molecule has 2 saturated heterocycles. The summed E-state index contributed by atoms with van der Waals surface area (Å²) in [4.78, 5) is 35.0. The normalized spacial score (nSPS) is 21.2. The van der Waals surface area contributed by atoms with E-state index < -0.39 is 24.0 Å². The van der Waals surface area contributed by atoms with E-state index in [4.69, 9.17) is 28.0 Å². The molecule has 4 aromatic rings. The lowest BCUT2D eigenvalue weighted by Gasteiger charge is -2.29. The molecule has 2 heterocycles. The van der Waals surface area contributed by atoms with Crippen LogP contribution in [0.15, 0.2) is 103 Å². The highest BCUT2D eigenvalue weighted by Crippen LogP contribution is 2.49. The monoisotopic (exact) mass is 514 g/mol. The Labute approximate surface area is 218 Å². The van der Waals surface area contributed by atoms with Gasteiger partial charge in [-0.05, 0) is 53.1 Å². The predicted molar refractivity (Wildman–Crippen MR) is 141 cm³/mol. The number of para-hydroxylation sites is 1. The molecule has 0 N–H and O–H groups in total. The summed E-state index contributed by atoms with van der Waals surface area (Å²) >= 11 is 12.8. The molecule has 2 fully saturated rings. The summed E-state index contributed by atoms with van der Waals surface area (Å²) in [5.74, 6) is -1.51. The smallest absolute Gasteiger partial charge is 0.266 e. The van der Waals surface area contributed by atoms with E-state index in [1.54, 1.807) is 29.3 Å². The molecule has 0 aromatic heterocycles. The molecule has 2 aliphatic rings. The van der Waals surface area contributed by atoms with Crippen LogP contribution in [-0.4, -0.2) is 17.9 Å². The fourth-order valence-corrected chi connectivity index (χ4v) is 5.50. The summed E-state index contributed by atoms with van der Waals surface area (Å²) in [5.41, 5.74) is 3.81. The largest absolute Gasteiger partial charge is 0.273 e. The van der Waals surface area contributed by atoms with Crippen LogP contribution in [0.1, 0.15) is 11.6 Å². The van der Waals surface area contributed by atoms with E-state index in [1.165, 1.54) is 4.90 Å². The number of hydrogen-bond donors (Lipinski definition) is 0. The van der Waals surface area contributed by atoms with Gasteiger partial charge in [-0.3, -0.25) is 14.4 Å². The van der Waals surface area contributed by atoms with E-state index >= 15 is 0 Å². The summed E-state index contributed by atoms with van der Waals surface area (Å²) in [6, 6.07) is 31.1. The number of carbonyl (C=O) groups excluding carboxylic acids is 2. The van der Waals surface area contributed by atoms with E-state index in [-0.39, 0.29) is 5.91 Å². The van der Waals surface area contributed by atoms with Gasteiger partial charge < -0.3 is 0 Å². The van der Waals surface area contributed by atoms with Gasteiger partial charge in [0.2, 0.25) is 5.91 Å². The highest BCUT2D eigenvalue weighted by molar-refractivity contribution is 6.35. The fourth-order valence-electron chi connectivity index (χ4n) is 4.98. The second-order valence-corrected chi connectivity index (χ2v) is 9.60. The molecule has 0 unspecified atom stereocenters. The lowest BCUT2D eigenvalue weighted by atomic mass is 9.90. The molecular weight excluding hydrogens is 495 g/mol. The molecule has 0 spiro atoms. The van der Waals surface area contributed by atoms with Crippen molar-refractivity contribution in [2.45, 2.75) is 12.1 Å². The van der Waals surface area contributed by atoms with Gasteiger partial charge >= 0.3 is 0 Å². The van der Waals surface area contributed by atoms with Gasteiger partial charge in [0.25, 0.3) is 5.91 Å². The molecule has 36 heavy (non-hydrogen) atoms. The van der Waals surface area contributed by atoms with Gasteiger partial charge in [0.1, 0.15) is 5.92 Å². The lowest BCUT2D eigenvalue weighted by molar-refractivity contribution is -0.126. The Kier molecular flexibility index (Phi) is 5.76. The standard InChI is InChI=1S/C29H20Cl2N2O3/c30-20-14-15-23(24(31)17-20)26-25-27(36-33(26)21-11-5-2-6-12-21)29(35)32(28(25)34)22-13-7-10-19(16-22)18-8-3-1-4-9-18/h1-17,25-27H/t25-,26-,27+/m1/s1. The first kappa shape index (κ1) is 22.8. The van der Waals surface area contributed by atoms with Crippen molar-refractivity contribution in [2.24, 2.45) is 5.92 Å². The summed E-state index contributed by atoms with van der Waals surface area (Å²) < 4.78 is 0. The van der Waals surface area contributed by atoms with Crippen LogP contribution in [0.2, 0.25) is 10.0 Å². The third kappa shape index (κ3) is 3.77. The van der Waals surface area contributed by atoms with Crippen LogP contribution < -0.4 is 9.96 Å². The highest BCUT2D eigenvalue weighted by Gasteiger charge is 2.60. The molecule has 178 valence electrons. The Morgan fingerprint density at radius 3 is 2.06 bits per heavy atom. The van der Waals surface area contributed by atoms with Crippen molar-refractivity contribution in [3.8, 4) is 11.1 Å². The maximum atomic E-state index is 13.9. The first-order chi connectivity index (χ1) is 17.5. The van der Waals surface area contributed by atoms with Gasteiger partial charge in [-0.1, -0.05) is 89.9 Å². The Bertz CT molecular complexity index is 1460. The molecule has 2 amide bonds. The van der Waals surface area contributed by atoms with Gasteiger partial charge in [0.15, 0.2) is 6.10 Å². The van der Waals surface area contributed by atoms with Crippen LogP contribution in [-0.2, 0) is 14.4 Å². The number of hydroxylamine groups is 1. The molecule has 0 radical (unpaired) electrons. The minimum Gasteiger partial charge on any atom is -0.273 e. The van der Waals surface area contributed by atoms with Gasteiger partial charge in [-0.25, -0.2) is 9.96 Å². The third-order valence-corrected chi connectivity index (χ3v) is 7.18. The van der Waals surface area contributed by atoms with Gasteiger partial charge in [-0.2, -0.15) is 0 Å². The summed E-state index contributed by atoms with van der Waals surface area (Å²) in [6.07, 6.45) is -0.977. The predicted octanol–water partition coefficient (Wildman–Crippen LogP) is 6.71. The number of rotatable bonds is 4. The first-order valence-corrected chi connectivity index (χ1v) is 12.3. The zero-order valence-electron chi connectivity index (χ0n) is 18.9. The van der Waals surface area contributed by atoms with Crippen LogP contribution in [0.3, 0.4) is 0 Å². The summed E-state index contributed by atoms with van der Waals surface area (Å²) in [5, 5.41) is 2.51. The Morgan fingerprint density at radius 2 is 1.33 bits per heavy atom. The van der Waals surface area contributed by atoms with Crippen molar-refractivity contribution >= 4 is 46.4 Å². The average Bonchev–Trinajstić information content (AvgIpc) is 3.41. The van der Waals surface area contributed by atoms with Crippen LogP contribution in [0.5, 0.6) is 0 Å². The topological polar surface area (TPSA) is 49.9 Å². The average molecular weight is 515 g/mol. The zero-order chi connectivity index (χ0) is 24.8. The number of hydrogen-bond acceptors (Lipinski definition) is 4. The number of halogens is 2. The number of nitrogens with zero attached hydrogens (tertiary/aromatic N) is 2. The van der Waals surface area contributed by atoms with Crippen LogP contribution in [0.4, 0.5) is 11.4 Å². The molecule has 5 nitrogen and oxygen atoms in total. The summed E-state index contributed by atoms with van der Waals surface area (Å²) in [6.45, 7) is 0. The number of carbonyl (C=O) groups is 2. The van der Waals surface area contributed by atoms with Crippen molar-refractivity contribution in [1.82, 2.24) is 0 Å². The molecule has 0 aliphatic carbocycles. The van der Waals surface area contributed by atoms with Crippen molar-refractivity contribution in [1.29, 1.82) is 0 Å². The fraction of sp³-hybridized carbons (Fsp3) is 0.103. The third-order valence-electron chi connectivity index (χ3n) is 6.62. The van der Waals surface area contributed by atoms with Crippen molar-refractivity contribution in [2.75, 3.05) is 9.96 Å². The van der Waals surface area contributed by atoms with Crippen molar-refractivity contribution < 1.29 is 14.4 Å². The SMILES string of the molecule is O=C1[C@H]2[C@H](ON(c3ccccc3)[C@@H]2c2ccc(Cl)cc2Cl)C(=O)N1c1cccc(-c2ccccc2)c1. The van der Waals surface area contributed by atoms with E-state index in [1.807, 2.05) is 78.9 Å². The quantitative estimate of drug-likeness (QED) is 0.284. The Morgan fingerprint density at radius 1 is 0.667 bits per heavy atom. The second-order valence-electron chi connectivity index (χ2n) is 8.75. The minimum atomic E-state index is -0.977. The van der Waals surface area contributed by atoms with Gasteiger partial charge in [0.05, 0.1) is 17.4 Å². The minimum absolute atomic E-state index is 0.329. The van der Waals surface area contributed by atoms with Gasteiger partial charge in [-0.15, -0.1) is 0 Å². The Balaban J connectivity index is 1.42. The number of amides is 2. The zero-order valence-corrected chi connectivity index (χ0v) is 20.4. The molecule has 0 saturated carbocycles. The number of imide groups is 1. The maximum absolute atomic E-state index is 13.9. The lowest BCUT2D eigenvalue weighted by Crippen LogP contribution is -2.37. The number of anilines is 2. The van der Waals surface area contributed by atoms with Crippen LogP contribution >= 0.6 is 23.2 Å². The molecule has 0 bridgehead atoms. The van der Waals surface area contributed by atoms with Crippen LogP contribution in [0, 0.1) is 5.92 Å². The Hall–Kier alpha value is -3.64. The first-order valence-electron chi connectivity index (χ1n) is 11.5. The second kappa shape index (κ2) is 9.10. The number of benzene rings is 4. The van der Waals surface area contributed by atoms with E-state index in [9.17, 15) is 9.59 Å². The number of fused-ring (bicyclic) bond motifs is 1. The molecular formula is C29H20Cl2N2O3. The van der Waals surface area contributed by atoms with Crippen LogP contribution in [0.25, 0.3) is 11.1 Å². The highest BCUT2D eigenvalue weighted by atomic mass is 35.5.